The summed E-state index contributed by atoms with van der Waals surface area (Å²) in [5.41, 5.74) is 2.41. The molecule has 2 nitrogen and oxygen atoms in total. The van der Waals surface area contributed by atoms with Crippen molar-refractivity contribution in [2.75, 3.05) is 11.9 Å². The monoisotopic (exact) mass is 389 g/mol. The molecule has 0 spiro atoms. The zero-order valence-electron chi connectivity index (χ0n) is 11.5. The van der Waals surface area contributed by atoms with Crippen molar-refractivity contribution in [3.05, 3.63) is 26.6 Å². The van der Waals surface area contributed by atoms with E-state index >= 15 is 0 Å². The third kappa shape index (κ3) is 4.20. The fourth-order valence-electron chi connectivity index (χ4n) is 2.58. The summed E-state index contributed by atoms with van der Waals surface area (Å²) in [7, 11) is 0. The van der Waals surface area contributed by atoms with Crippen LogP contribution in [0.1, 0.15) is 38.2 Å². The first-order chi connectivity index (χ1) is 9.10. The van der Waals surface area contributed by atoms with Crippen LogP contribution in [0.25, 0.3) is 0 Å². The van der Waals surface area contributed by atoms with Crippen molar-refractivity contribution in [1.82, 2.24) is 0 Å². The van der Waals surface area contributed by atoms with Gasteiger partial charge in [-0.3, -0.25) is 0 Å². The largest absolute Gasteiger partial charge is 0.380 e. The van der Waals surface area contributed by atoms with E-state index in [1.54, 1.807) is 0 Å². The number of hydrogen-bond donors (Lipinski definition) is 1. The molecule has 0 bridgehead atoms. The third-order valence-electron chi connectivity index (χ3n) is 3.51. The molecule has 2 rings (SSSR count). The SMILES string of the molecule is CCCC1CC(Nc2c(Br)cc(C)cc2Br)CCO1. The first-order valence-electron chi connectivity index (χ1n) is 6.94. The number of aryl methyl sites for hydroxylation is 1. The molecule has 0 aromatic heterocycles. The van der Waals surface area contributed by atoms with Crippen LogP contribution < -0.4 is 5.32 Å². The van der Waals surface area contributed by atoms with Crippen molar-refractivity contribution in [2.24, 2.45) is 0 Å². The van der Waals surface area contributed by atoms with Gasteiger partial charge in [0.25, 0.3) is 0 Å². The number of hydrogen-bond acceptors (Lipinski definition) is 2. The summed E-state index contributed by atoms with van der Waals surface area (Å²) in [5, 5.41) is 3.66. The molecule has 0 radical (unpaired) electrons. The van der Waals surface area contributed by atoms with Crippen LogP contribution in [0.15, 0.2) is 21.1 Å². The Balaban J connectivity index is 2.04. The highest BCUT2D eigenvalue weighted by Gasteiger charge is 2.23. The van der Waals surface area contributed by atoms with Crippen LogP contribution in [-0.4, -0.2) is 18.8 Å². The van der Waals surface area contributed by atoms with Crippen LogP contribution in [0.2, 0.25) is 0 Å². The zero-order valence-corrected chi connectivity index (χ0v) is 14.7. The Hall–Kier alpha value is -0.0600. The zero-order chi connectivity index (χ0) is 13.8. The lowest BCUT2D eigenvalue weighted by Crippen LogP contribution is -2.34. The van der Waals surface area contributed by atoms with E-state index in [0.717, 1.165) is 40.5 Å². The van der Waals surface area contributed by atoms with Crippen molar-refractivity contribution in [3.63, 3.8) is 0 Å². The number of rotatable bonds is 4. The molecule has 1 fully saturated rings. The van der Waals surface area contributed by atoms with Crippen LogP contribution in [0.3, 0.4) is 0 Å². The molecule has 1 saturated heterocycles. The molecular formula is C15H21Br2NO. The van der Waals surface area contributed by atoms with Crippen molar-refractivity contribution in [1.29, 1.82) is 0 Å². The van der Waals surface area contributed by atoms with E-state index in [-0.39, 0.29) is 0 Å². The molecule has 0 saturated carbocycles. The molecule has 4 heteroatoms. The summed E-state index contributed by atoms with van der Waals surface area (Å²) in [6, 6.07) is 4.80. The maximum absolute atomic E-state index is 5.80. The molecule has 1 aliphatic rings. The summed E-state index contributed by atoms with van der Waals surface area (Å²) in [4.78, 5) is 0. The summed E-state index contributed by atoms with van der Waals surface area (Å²) in [6.07, 6.45) is 4.94. The minimum absolute atomic E-state index is 0.416. The van der Waals surface area contributed by atoms with Crippen LogP contribution in [0.4, 0.5) is 5.69 Å². The van der Waals surface area contributed by atoms with E-state index in [0.29, 0.717) is 12.1 Å². The van der Waals surface area contributed by atoms with Gasteiger partial charge < -0.3 is 10.1 Å². The lowest BCUT2D eigenvalue weighted by molar-refractivity contribution is 0.00596. The quantitative estimate of drug-likeness (QED) is 0.754. The Morgan fingerprint density at radius 3 is 2.63 bits per heavy atom. The number of halogens is 2. The number of ether oxygens (including phenoxy) is 1. The minimum Gasteiger partial charge on any atom is -0.380 e. The predicted octanol–water partition coefficient (Wildman–Crippen LogP) is 5.28. The normalized spacial score (nSPS) is 23.4. The minimum atomic E-state index is 0.416. The van der Waals surface area contributed by atoms with E-state index in [9.17, 15) is 0 Å². The maximum atomic E-state index is 5.80. The van der Waals surface area contributed by atoms with Gasteiger partial charge in [-0.15, -0.1) is 0 Å². The fourth-order valence-corrected chi connectivity index (χ4v) is 4.22. The Kier molecular flexibility index (Phi) is 5.72. The van der Waals surface area contributed by atoms with Gasteiger partial charge >= 0.3 is 0 Å². The summed E-state index contributed by atoms with van der Waals surface area (Å²) in [6.45, 7) is 5.18. The van der Waals surface area contributed by atoms with Gasteiger partial charge in [0.1, 0.15) is 0 Å². The molecule has 1 aromatic rings. The van der Waals surface area contributed by atoms with Gasteiger partial charge in [0.05, 0.1) is 11.8 Å². The van der Waals surface area contributed by atoms with Crippen molar-refractivity contribution in [2.45, 2.75) is 51.7 Å². The van der Waals surface area contributed by atoms with Gasteiger partial charge in [-0.1, -0.05) is 13.3 Å². The highest BCUT2D eigenvalue weighted by molar-refractivity contribution is 9.11. The van der Waals surface area contributed by atoms with Crippen molar-refractivity contribution >= 4 is 37.5 Å². The topological polar surface area (TPSA) is 21.3 Å². The van der Waals surface area contributed by atoms with Gasteiger partial charge in [-0.2, -0.15) is 0 Å². The van der Waals surface area contributed by atoms with E-state index in [4.69, 9.17) is 4.74 Å². The smallest absolute Gasteiger partial charge is 0.0631 e. The highest BCUT2D eigenvalue weighted by atomic mass is 79.9. The molecule has 1 N–H and O–H groups in total. The Morgan fingerprint density at radius 2 is 2.00 bits per heavy atom. The molecule has 106 valence electrons. The van der Waals surface area contributed by atoms with Gasteiger partial charge in [-0.25, -0.2) is 0 Å². The number of nitrogens with one attached hydrogen (secondary N) is 1. The molecule has 1 aromatic carbocycles. The Bertz CT molecular complexity index is 411. The van der Waals surface area contributed by atoms with Crippen LogP contribution in [0.5, 0.6) is 0 Å². The van der Waals surface area contributed by atoms with E-state index in [1.165, 1.54) is 12.0 Å². The van der Waals surface area contributed by atoms with E-state index in [2.05, 4.69) is 63.2 Å². The molecule has 2 unspecified atom stereocenters. The number of anilines is 1. The van der Waals surface area contributed by atoms with E-state index < -0.39 is 0 Å². The molecule has 0 amide bonds. The second-order valence-electron chi connectivity index (χ2n) is 5.25. The Labute approximate surface area is 132 Å². The molecule has 1 aliphatic heterocycles. The average Bonchev–Trinajstić information content (AvgIpc) is 2.35. The van der Waals surface area contributed by atoms with Gasteiger partial charge in [0.15, 0.2) is 0 Å². The van der Waals surface area contributed by atoms with Crippen LogP contribution in [0, 0.1) is 6.92 Å². The maximum Gasteiger partial charge on any atom is 0.0631 e. The van der Waals surface area contributed by atoms with Gasteiger partial charge in [0.2, 0.25) is 0 Å². The van der Waals surface area contributed by atoms with Gasteiger partial charge in [0, 0.05) is 21.6 Å². The standard InChI is InChI=1S/C15H21Br2NO/c1-3-4-12-9-11(5-6-19-12)18-15-13(16)7-10(2)8-14(15)17/h7-8,11-12,18H,3-6,9H2,1-2H3. The lowest BCUT2D eigenvalue weighted by atomic mass is 10.00. The average molecular weight is 391 g/mol. The van der Waals surface area contributed by atoms with Gasteiger partial charge in [-0.05, 0) is 75.7 Å². The fraction of sp³-hybridized carbons (Fsp3) is 0.600. The Morgan fingerprint density at radius 1 is 1.32 bits per heavy atom. The molecule has 2 atom stereocenters. The van der Waals surface area contributed by atoms with Crippen molar-refractivity contribution in [3.8, 4) is 0 Å². The lowest BCUT2D eigenvalue weighted by Gasteiger charge is -2.31. The molecule has 0 aliphatic carbocycles. The van der Waals surface area contributed by atoms with E-state index in [1.807, 2.05) is 0 Å². The predicted molar refractivity (Wildman–Crippen MR) is 87.9 cm³/mol. The van der Waals surface area contributed by atoms with Crippen LogP contribution in [-0.2, 0) is 4.74 Å². The molecule has 19 heavy (non-hydrogen) atoms. The van der Waals surface area contributed by atoms with Crippen molar-refractivity contribution < 1.29 is 4.74 Å². The third-order valence-corrected chi connectivity index (χ3v) is 4.76. The summed E-state index contributed by atoms with van der Waals surface area (Å²) in [5.74, 6) is 0. The second kappa shape index (κ2) is 7.09. The summed E-state index contributed by atoms with van der Waals surface area (Å²) >= 11 is 7.29. The molecular weight excluding hydrogens is 370 g/mol. The number of benzene rings is 1. The second-order valence-corrected chi connectivity index (χ2v) is 6.96. The first kappa shape index (κ1) is 15.3. The first-order valence-corrected chi connectivity index (χ1v) is 8.52. The van der Waals surface area contributed by atoms with Crippen LogP contribution >= 0.6 is 31.9 Å². The molecule has 1 heterocycles. The summed E-state index contributed by atoms with van der Waals surface area (Å²) < 4.78 is 8.05. The highest BCUT2D eigenvalue weighted by Crippen LogP contribution is 2.34.